The minimum absolute atomic E-state index is 0.125. The molecule has 0 saturated heterocycles. The van der Waals surface area contributed by atoms with E-state index in [4.69, 9.17) is 3.57 Å². The zero-order chi connectivity index (χ0) is 4.00. The van der Waals surface area contributed by atoms with Crippen molar-refractivity contribution in [2.24, 2.45) is 5.40 Å². The molecule has 2 nitrogen and oxygen atoms in total. The Labute approximate surface area is 38.2 Å². The van der Waals surface area contributed by atoms with E-state index < -0.39 is 0 Å². The molecule has 0 aliphatic carbocycles. The van der Waals surface area contributed by atoms with Crippen molar-refractivity contribution in [3.63, 3.8) is 0 Å². The van der Waals surface area contributed by atoms with Crippen molar-refractivity contribution in [3.05, 3.63) is 0 Å². The number of hydrogen-bond donors (Lipinski definition) is 1. The maximum atomic E-state index is 8.38. The van der Waals surface area contributed by atoms with Gasteiger partial charge in [0.05, 0.1) is 10.4 Å². The Bertz CT molecular complexity index is 8.00. The second kappa shape index (κ2) is 67.6. The van der Waals surface area contributed by atoms with Crippen molar-refractivity contribution in [1.29, 1.82) is 0 Å². The quantitative estimate of drug-likeness (QED) is 0.388. The summed E-state index contributed by atoms with van der Waals surface area (Å²) in [6.45, 7) is 0. The van der Waals surface area contributed by atoms with Crippen molar-refractivity contribution in [1.82, 2.24) is 0 Å². The molecule has 22 valence electrons. The molecule has 0 aromatic carbocycles. The van der Waals surface area contributed by atoms with E-state index in [1.165, 1.54) is 0 Å². The van der Waals surface area contributed by atoms with Gasteiger partial charge in [-0.1, -0.05) is 0 Å². The summed E-state index contributed by atoms with van der Waals surface area (Å²) in [5.74, 6) is 0. The molecule has 0 saturated carbocycles. The van der Waals surface area contributed by atoms with E-state index in [9.17, 15) is 0 Å². The molecule has 4 heteroatoms. The van der Waals surface area contributed by atoms with Gasteiger partial charge in [-0.15, -0.1) is 0 Å². The van der Waals surface area contributed by atoms with Gasteiger partial charge in [-0.25, -0.2) is 0 Å². The van der Waals surface area contributed by atoms with Gasteiger partial charge >= 0.3 is 21.8 Å². The van der Waals surface area contributed by atoms with Crippen LogP contribution < -0.4 is 5.40 Å². The Morgan fingerprint density at radius 2 is 1.50 bits per heavy atom. The van der Waals surface area contributed by atoms with Gasteiger partial charge < -0.3 is 5.40 Å². The van der Waals surface area contributed by atoms with Crippen LogP contribution in [0.4, 0.5) is 0 Å². The van der Waals surface area contributed by atoms with Gasteiger partial charge in [0.15, 0.2) is 0 Å². The van der Waals surface area contributed by atoms with Gasteiger partial charge in [0, 0.05) is 0 Å². The normalized spacial score (nSPS) is 3.75. The first-order valence-electron chi connectivity index (χ1n) is 0.866. The summed E-state index contributed by atoms with van der Waals surface area (Å²) in [6, 6.07) is 0. The van der Waals surface area contributed by atoms with Gasteiger partial charge in [0.1, 0.15) is 0 Å². The summed E-state index contributed by atoms with van der Waals surface area (Å²) >= 11 is 0.125. The van der Waals surface area contributed by atoms with Gasteiger partial charge in [-0.3, -0.25) is 0 Å². The van der Waals surface area contributed by atoms with Crippen LogP contribution in [0.3, 0.4) is 0 Å². The molecule has 0 rings (SSSR count). The second-order valence-electron chi connectivity index (χ2n) is 0. The SMILES string of the molecule is N[SiH3].[O]=[Zn]. The first-order valence-corrected chi connectivity index (χ1v) is 3.23. The van der Waals surface area contributed by atoms with Crippen LogP contribution in [0.1, 0.15) is 0 Å². The Kier molecular flexibility index (Phi) is 149. The Balaban J connectivity index is 0. The molecular formula is H5NOSiZn. The van der Waals surface area contributed by atoms with Crippen LogP contribution in [0.2, 0.25) is 0 Å². The maximum absolute atomic E-state index is 8.38. The summed E-state index contributed by atoms with van der Waals surface area (Å²) < 4.78 is 8.38. The molecule has 0 aromatic heterocycles. The predicted molar refractivity (Wildman–Crippen MR) is 14.8 cm³/mol. The summed E-state index contributed by atoms with van der Waals surface area (Å²) in [6.07, 6.45) is 0. The van der Waals surface area contributed by atoms with Gasteiger partial charge in [0.25, 0.3) is 0 Å². The van der Waals surface area contributed by atoms with Crippen LogP contribution >= 0.6 is 0 Å². The standard InChI is InChI=1S/H5NSi.O.Zn/c1-2;;/h1H2,2H3;;. The van der Waals surface area contributed by atoms with E-state index in [2.05, 4.69) is 5.40 Å². The van der Waals surface area contributed by atoms with Crippen LogP contribution in [0.25, 0.3) is 0 Å². The fourth-order valence-corrected chi connectivity index (χ4v) is 0. The van der Waals surface area contributed by atoms with Crippen LogP contribution in [0.5, 0.6) is 0 Å². The minimum atomic E-state index is 0.125. The first kappa shape index (κ1) is 8.82. The van der Waals surface area contributed by atoms with Crippen molar-refractivity contribution in [2.45, 2.75) is 0 Å². The van der Waals surface area contributed by atoms with Gasteiger partial charge in [-0.2, -0.15) is 0 Å². The molecule has 2 N–H and O–H groups in total. The van der Waals surface area contributed by atoms with Crippen LogP contribution in [0.15, 0.2) is 0 Å². The Hall–Kier alpha value is 0.600. The third kappa shape index (κ3) is 18.5. The topological polar surface area (TPSA) is 43.1 Å². The zero-order valence-electron chi connectivity index (χ0n) is 2.69. The summed E-state index contributed by atoms with van der Waals surface area (Å²) in [4.78, 5) is 0. The third-order valence-corrected chi connectivity index (χ3v) is 0. The van der Waals surface area contributed by atoms with Gasteiger partial charge in [-0.05, 0) is 0 Å². The molecule has 0 heterocycles. The van der Waals surface area contributed by atoms with Gasteiger partial charge in [0.2, 0.25) is 0 Å². The molecule has 0 aliphatic heterocycles. The van der Waals surface area contributed by atoms with Crippen molar-refractivity contribution < 1.29 is 21.8 Å². The number of nitrogens with two attached hydrogens (primary N) is 1. The average molecular weight is 129 g/mol. The number of hydrogen-bond acceptors (Lipinski definition) is 2. The summed E-state index contributed by atoms with van der Waals surface area (Å²) in [5.41, 5.74) is 0. The summed E-state index contributed by atoms with van der Waals surface area (Å²) in [7, 11) is 0.806. The fraction of sp³-hybridized carbons (Fsp3) is 0. The molecular weight excluding hydrogens is 123 g/mol. The molecule has 4 heavy (non-hydrogen) atoms. The van der Waals surface area contributed by atoms with Crippen molar-refractivity contribution >= 4 is 10.4 Å². The molecule has 0 bridgehead atoms. The van der Waals surface area contributed by atoms with E-state index in [0.29, 0.717) is 0 Å². The van der Waals surface area contributed by atoms with Crippen molar-refractivity contribution in [3.8, 4) is 0 Å². The Morgan fingerprint density at radius 1 is 1.50 bits per heavy atom. The molecule has 0 aliphatic rings. The third-order valence-electron chi connectivity index (χ3n) is 0. The zero-order valence-corrected chi connectivity index (χ0v) is 7.66. The number of rotatable bonds is 0. The van der Waals surface area contributed by atoms with Crippen LogP contribution in [-0.4, -0.2) is 10.4 Å². The molecule has 0 fully saturated rings. The van der Waals surface area contributed by atoms with Crippen LogP contribution in [-0.2, 0) is 21.8 Å². The predicted octanol–water partition coefficient (Wildman–Crippen LogP) is -1.90. The first-order chi connectivity index (χ1) is 2.00. The van der Waals surface area contributed by atoms with E-state index in [0.717, 1.165) is 10.4 Å². The fourth-order valence-electron chi connectivity index (χ4n) is 0. The average Bonchev–Trinajstić information content (AvgIpc) is 1.50. The van der Waals surface area contributed by atoms with Crippen LogP contribution in [0, 0.1) is 0 Å². The summed E-state index contributed by atoms with van der Waals surface area (Å²) in [5, 5.41) is 4.64. The molecule has 0 atom stereocenters. The van der Waals surface area contributed by atoms with E-state index in [-0.39, 0.29) is 18.3 Å². The van der Waals surface area contributed by atoms with Crippen molar-refractivity contribution in [2.75, 3.05) is 0 Å². The van der Waals surface area contributed by atoms with E-state index >= 15 is 0 Å². The molecule has 0 amide bonds. The molecule has 0 aromatic rings. The second-order valence-corrected chi connectivity index (χ2v) is 0. The molecule has 0 unspecified atom stereocenters. The Morgan fingerprint density at radius 3 is 1.50 bits per heavy atom. The van der Waals surface area contributed by atoms with E-state index in [1.807, 2.05) is 0 Å². The molecule has 0 radical (unpaired) electrons. The monoisotopic (exact) mass is 127 g/mol. The molecule has 0 spiro atoms. The van der Waals surface area contributed by atoms with E-state index in [1.54, 1.807) is 0 Å².